The summed E-state index contributed by atoms with van der Waals surface area (Å²) in [6.45, 7) is 0. The number of para-hydroxylation sites is 1. The van der Waals surface area contributed by atoms with Crippen LogP contribution >= 0.6 is 0 Å². The molecule has 0 bridgehead atoms. The minimum atomic E-state index is -0.473. The molecule has 2 aliphatic carbocycles. The van der Waals surface area contributed by atoms with Crippen LogP contribution < -0.4 is 4.74 Å². The summed E-state index contributed by atoms with van der Waals surface area (Å²) in [7, 11) is 0. The predicted octanol–water partition coefficient (Wildman–Crippen LogP) is 14.0. The SMILES string of the molecule is C1=CC2=C(CC1)c1ccccc1C21c2ccccc2Oc2ccc(-c3cccc(-c4cc(-c5ccc6c(ccc7ccccc76)c5)nc(-c5ccccc5)n4)c3)cc21. The summed E-state index contributed by atoms with van der Waals surface area (Å²) >= 11 is 0. The van der Waals surface area contributed by atoms with E-state index >= 15 is 0 Å². The van der Waals surface area contributed by atoms with Crippen LogP contribution in [-0.4, -0.2) is 9.97 Å². The van der Waals surface area contributed by atoms with Gasteiger partial charge in [-0.15, -0.1) is 0 Å². The number of allylic oxidation sites excluding steroid dienone is 4. The Morgan fingerprint density at radius 1 is 0.448 bits per heavy atom. The highest BCUT2D eigenvalue weighted by molar-refractivity contribution is 6.08. The van der Waals surface area contributed by atoms with Gasteiger partial charge in [-0.05, 0) is 104 Å². The Morgan fingerprint density at radius 3 is 2.03 bits per heavy atom. The average molecular weight is 741 g/mol. The largest absolute Gasteiger partial charge is 0.457 e. The van der Waals surface area contributed by atoms with Crippen molar-refractivity contribution in [3.05, 3.63) is 222 Å². The van der Waals surface area contributed by atoms with Crippen molar-refractivity contribution >= 4 is 27.1 Å². The van der Waals surface area contributed by atoms with Crippen LogP contribution in [0, 0.1) is 0 Å². The molecule has 0 radical (unpaired) electrons. The Morgan fingerprint density at radius 2 is 1.12 bits per heavy atom. The maximum atomic E-state index is 6.74. The molecular weight excluding hydrogens is 705 g/mol. The molecule has 2 heterocycles. The Balaban J connectivity index is 1.01. The van der Waals surface area contributed by atoms with E-state index in [2.05, 4.69) is 176 Å². The topological polar surface area (TPSA) is 35.0 Å². The van der Waals surface area contributed by atoms with Crippen LogP contribution in [0.1, 0.15) is 35.1 Å². The number of nitrogens with zero attached hydrogens (tertiary/aromatic N) is 2. The van der Waals surface area contributed by atoms with Gasteiger partial charge >= 0.3 is 0 Å². The van der Waals surface area contributed by atoms with E-state index in [1.54, 1.807) is 0 Å². The summed E-state index contributed by atoms with van der Waals surface area (Å²) in [6, 6.07) is 65.2. The zero-order valence-electron chi connectivity index (χ0n) is 31.7. The third kappa shape index (κ3) is 4.93. The van der Waals surface area contributed by atoms with Crippen LogP contribution in [0.3, 0.4) is 0 Å². The van der Waals surface area contributed by atoms with E-state index in [-0.39, 0.29) is 0 Å². The quantitative estimate of drug-likeness (QED) is 0.169. The fraction of sp³-hybridized carbons (Fsp3) is 0.0545. The molecule has 0 saturated heterocycles. The van der Waals surface area contributed by atoms with Crippen molar-refractivity contribution in [2.45, 2.75) is 18.3 Å². The monoisotopic (exact) mass is 740 g/mol. The van der Waals surface area contributed by atoms with Crippen molar-refractivity contribution in [2.75, 3.05) is 0 Å². The molecule has 3 aliphatic rings. The van der Waals surface area contributed by atoms with Gasteiger partial charge in [0.25, 0.3) is 0 Å². The van der Waals surface area contributed by atoms with Crippen molar-refractivity contribution < 1.29 is 4.74 Å². The summed E-state index contributed by atoms with van der Waals surface area (Å²) in [5.74, 6) is 2.52. The van der Waals surface area contributed by atoms with Crippen molar-refractivity contribution in [3.63, 3.8) is 0 Å². The van der Waals surface area contributed by atoms with Gasteiger partial charge in [0, 0.05) is 27.8 Å². The van der Waals surface area contributed by atoms with Crippen LogP contribution in [-0.2, 0) is 5.41 Å². The maximum absolute atomic E-state index is 6.74. The number of ether oxygens (including phenoxy) is 1. The first-order valence-electron chi connectivity index (χ1n) is 20.1. The summed E-state index contributed by atoms with van der Waals surface area (Å²) in [5.41, 5.74) is 14.5. The molecule has 12 rings (SSSR count). The van der Waals surface area contributed by atoms with Gasteiger partial charge < -0.3 is 4.74 Å². The molecule has 0 saturated carbocycles. The molecule has 0 N–H and O–H groups in total. The zero-order valence-corrected chi connectivity index (χ0v) is 31.7. The molecule has 3 nitrogen and oxygen atoms in total. The van der Waals surface area contributed by atoms with E-state index < -0.39 is 5.41 Å². The summed E-state index contributed by atoms with van der Waals surface area (Å²) in [6.07, 6.45) is 6.81. The molecule has 1 atom stereocenters. The van der Waals surface area contributed by atoms with Gasteiger partial charge in [-0.2, -0.15) is 0 Å². The second-order valence-electron chi connectivity index (χ2n) is 15.6. The van der Waals surface area contributed by atoms with Crippen molar-refractivity contribution in [2.24, 2.45) is 0 Å². The maximum Gasteiger partial charge on any atom is 0.160 e. The lowest BCUT2D eigenvalue weighted by Gasteiger charge is -2.40. The Kier molecular flexibility index (Phi) is 7.27. The molecule has 58 heavy (non-hydrogen) atoms. The third-order valence-electron chi connectivity index (χ3n) is 12.4. The van der Waals surface area contributed by atoms with Crippen LogP contribution in [0.2, 0.25) is 0 Å². The minimum absolute atomic E-state index is 0.473. The van der Waals surface area contributed by atoms with Crippen LogP contribution in [0.15, 0.2) is 200 Å². The first-order valence-corrected chi connectivity index (χ1v) is 20.1. The van der Waals surface area contributed by atoms with Gasteiger partial charge in [0.05, 0.1) is 16.8 Å². The molecule has 3 heteroatoms. The van der Waals surface area contributed by atoms with Crippen LogP contribution in [0.4, 0.5) is 0 Å². The number of hydrogen-bond donors (Lipinski definition) is 0. The predicted molar refractivity (Wildman–Crippen MR) is 237 cm³/mol. The molecule has 8 aromatic carbocycles. The van der Waals surface area contributed by atoms with Gasteiger partial charge in [-0.1, -0.05) is 158 Å². The highest BCUT2D eigenvalue weighted by Gasteiger charge is 2.51. The molecular formula is C55H36N2O. The molecule has 1 spiro atoms. The number of benzene rings is 8. The van der Waals surface area contributed by atoms with Gasteiger partial charge in [0.15, 0.2) is 5.82 Å². The first kappa shape index (κ1) is 32.8. The summed E-state index contributed by atoms with van der Waals surface area (Å²) < 4.78 is 6.74. The summed E-state index contributed by atoms with van der Waals surface area (Å²) in [4.78, 5) is 10.4. The van der Waals surface area contributed by atoms with Gasteiger partial charge in [-0.3, -0.25) is 0 Å². The standard InChI is InChI=1S/C55H36N2O/c1-2-14-36(15-3-1)54-56-50(34-51(57-54)41-27-29-43-39(32-41)26-25-35-13-4-5-18-42(35)43)40-17-12-16-37(31-40)38-28-30-53-49(33-38)55(48-23-10-11-24-52(48)58-53)46-21-8-6-19-44(46)45-20-7-9-22-47(45)55/h1-6,8-19,21-34H,7,20H2. The van der Waals surface area contributed by atoms with E-state index in [4.69, 9.17) is 14.7 Å². The lowest BCUT2D eigenvalue weighted by atomic mass is 9.64. The van der Waals surface area contributed by atoms with Gasteiger partial charge in [0.1, 0.15) is 11.5 Å². The second kappa shape index (κ2) is 12.8. The lowest BCUT2D eigenvalue weighted by molar-refractivity contribution is 0.435. The normalized spacial score (nSPS) is 16.2. The van der Waals surface area contributed by atoms with E-state index in [9.17, 15) is 0 Å². The Labute approximate surface area is 337 Å². The first-order chi connectivity index (χ1) is 28.7. The fourth-order valence-electron chi connectivity index (χ4n) is 9.80. The fourth-order valence-corrected chi connectivity index (χ4v) is 9.80. The van der Waals surface area contributed by atoms with Crippen molar-refractivity contribution in [1.29, 1.82) is 0 Å². The van der Waals surface area contributed by atoms with E-state index in [1.807, 2.05) is 18.2 Å². The van der Waals surface area contributed by atoms with Crippen LogP contribution in [0.5, 0.6) is 11.5 Å². The highest BCUT2D eigenvalue weighted by Crippen LogP contribution is 2.63. The molecule has 0 fully saturated rings. The van der Waals surface area contributed by atoms with Gasteiger partial charge in [0.2, 0.25) is 0 Å². The molecule has 1 aliphatic heterocycles. The van der Waals surface area contributed by atoms with E-state index in [1.165, 1.54) is 54.9 Å². The van der Waals surface area contributed by atoms with Crippen molar-refractivity contribution in [1.82, 2.24) is 9.97 Å². The lowest BCUT2D eigenvalue weighted by Crippen LogP contribution is -2.33. The summed E-state index contributed by atoms with van der Waals surface area (Å²) in [5, 5.41) is 4.92. The molecule has 9 aromatic rings. The molecule has 1 unspecified atom stereocenters. The molecule has 0 amide bonds. The number of aromatic nitrogens is 2. The average Bonchev–Trinajstić information content (AvgIpc) is 3.59. The van der Waals surface area contributed by atoms with E-state index in [0.717, 1.165) is 63.5 Å². The Hall–Kier alpha value is -7.36. The highest BCUT2D eigenvalue weighted by atomic mass is 16.5. The van der Waals surface area contributed by atoms with Crippen LogP contribution in [0.25, 0.3) is 72.1 Å². The second-order valence-corrected chi connectivity index (χ2v) is 15.6. The smallest absolute Gasteiger partial charge is 0.160 e. The minimum Gasteiger partial charge on any atom is -0.457 e. The number of rotatable bonds is 4. The van der Waals surface area contributed by atoms with Gasteiger partial charge in [-0.25, -0.2) is 9.97 Å². The van der Waals surface area contributed by atoms with Crippen molar-refractivity contribution in [3.8, 4) is 56.5 Å². The number of fused-ring (bicyclic) bond motifs is 11. The number of hydrogen-bond acceptors (Lipinski definition) is 3. The molecule has 272 valence electrons. The third-order valence-corrected chi connectivity index (χ3v) is 12.4. The Bertz CT molecular complexity index is 3210. The molecule has 1 aromatic heterocycles. The zero-order chi connectivity index (χ0) is 38.2. The van der Waals surface area contributed by atoms with E-state index in [0.29, 0.717) is 5.82 Å².